The fourth-order valence-corrected chi connectivity index (χ4v) is 1.90. The topological polar surface area (TPSA) is 60.2 Å². The molecule has 20 heavy (non-hydrogen) atoms. The fraction of sp³-hybridized carbons (Fsp3) is 0.312. The van der Waals surface area contributed by atoms with Gasteiger partial charge in [0.15, 0.2) is 0 Å². The number of benzene rings is 1. The fourth-order valence-electron chi connectivity index (χ4n) is 1.90. The highest BCUT2D eigenvalue weighted by molar-refractivity contribution is 5.61. The highest BCUT2D eigenvalue weighted by Gasteiger charge is 2.05. The van der Waals surface area contributed by atoms with E-state index in [0.29, 0.717) is 24.1 Å². The lowest BCUT2D eigenvalue weighted by Crippen LogP contribution is -2.02. The summed E-state index contributed by atoms with van der Waals surface area (Å²) in [5.41, 5.74) is 8.66. The molecule has 0 aliphatic heterocycles. The van der Waals surface area contributed by atoms with Crippen LogP contribution in [0.1, 0.15) is 32.3 Å². The van der Waals surface area contributed by atoms with Crippen LogP contribution in [-0.4, -0.2) is 11.6 Å². The van der Waals surface area contributed by atoms with Gasteiger partial charge in [-0.15, -0.1) is 0 Å². The number of aromatic nitrogens is 1. The number of rotatable bonds is 5. The Morgan fingerprint density at radius 1 is 1.25 bits per heavy atom. The minimum atomic E-state index is 0.470. The van der Waals surface area contributed by atoms with Gasteiger partial charge in [0.05, 0.1) is 12.3 Å². The van der Waals surface area contributed by atoms with E-state index >= 15 is 0 Å². The lowest BCUT2D eigenvalue weighted by Gasteiger charge is -2.12. The Bertz CT molecular complexity index is 582. The molecule has 4 nitrogen and oxygen atoms in total. The van der Waals surface area contributed by atoms with Gasteiger partial charge in [0.25, 0.3) is 0 Å². The summed E-state index contributed by atoms with van der Waals surface area (Å²) in [7, 11) is 0. The maximum absolute atomic E-state index is 5.82. The van der Waals surface area contributed by atoms with Gasteiger partial charge >= 0.3 is 0 Å². The van der Waals surface area contributed by atoms with E-state index in [2.05, 4.69) is 36.3 Å². The van der Waals surface area contributed by atoms with Crippen LogP contribution in [0.2, 0.25) is 0 Å². The number of nitrogens with one attached hydrogen (secondary N) is 1. The average Bonchev–Trinajstić information content (AvgIpc) is 2.43. The van der Waals surface area contributed by atoms with Gasteiger partial charge in [0.1, 0.15) is 5.82 Å². The zero-order chi connectivity index (χ0) is 14.5. The number of pyridine rings is 1. The van der Waals surface area contributed by atoms with Gasteiger partial charge in [-0.1, -0.05) is 26.0 Å². The third-order valence-electron chi connectivity index (χ3n) is 3.00. The first kappa shape index (κ1) is 14.2. The quantitative estimate of drug-likeness (QED) is 0.865. The van der Waals surface area contributed by atoms with Crippen LogP contribution in [0.25, 0.3) is 0 Å². The number of nitrogen functional groups attached to an aromatic ring is 1. The van der Waals surface area contributed by atoms with Crippen molar-refractivity contribution in [1.29, 1.82) is 0 Å². The van der Waals surface area contributed by atoms with E-state index in [-0.39, 0.29) is 0 Å². The standard InChI is InChI=1S/C16H21N3O/c1-4-20-16-14(17)8-9-15(19-16)18-13-7-5-6-12(10-13)11(2)3/h5-11H,4,17H2,1-3H3,(H,18,19). The SMILES string of the molecule is CCOc1nc(Nc2cccc(C(C)C)c2)ccc1N. The Morgan fingerprint density at radius 2 is 2.05 bits per heavy atom. The number of ether oxygens (including phenoxy) is 1. The van der Waals surface area contributed by atoms with Crippen molar-refractivity contribution in [1.82, 2.24) is 4.98 Å². The molecule has 0 unspecified atom stereocenters. The summed E-state index contributed by atoms with van der Waals surface area (Å²) in [4.78, 5) is 4.37. The van der Waals surface area contributed by atoms with E-state index in [4.69, 9.17) is 10.5 Å². The molecular weight excluding hydrogens is 250 g/mol. The number of hydrogen-bond donors (Lipinski definition) is 2. The second-order valence-corrected chi connectivity index (χ2v) is 4.93. The predicted octanol–water partition coefficient (Wildman–Crippen LogP) is 3.93. The third kappa shape index (κ3) is 3.41. The largest absolute Gasteiger partial charge is 0.476 e. The molecule has 2 rings (SSSR count). The van der Waals surface area contributed by atoms with E-state index in [1.807, 2.05) is 25.1 Å². The minimum absolute atomic E-state index is 0.470. The maximum atomic E-state index is 5.82. The Kier molecular flexibility index (Phi) is 4.45. The van der Waals surface area contributed by atoms with E-state index in [9.17, 15) is 0 Å². The van der Waals surface area contributed by atoms with Gasteiger partial charge in [0, 0.05) is 5.69 Å². The second-order valence-electron chi connectivity index (χ2n) is 4.93. The van der Waals surface area contributed by atoms with E-state index in [1.165, 1.54) is 5.56 Å². The maximum Gasteiger partial charge on any atom is 0.239 e. The van der Waals surface area contributed by atoms with Crippen molar-refractivity contribution in [3.8, 4) is 5.88 Å². The number of hydrogen-bond acceptors (Lipinski definition) is 4. The van der Waals surface area contributed by atoms with Crippen LogP contribution in [0, 0.1) is 0 Å². The molecule has 0 amide bonds. The summed E-state index contributed by atoms with van der Waals surface area (Å²) in [5.74, 6) is 1.69. The van der Waals surface area contributed by atoms with Gasteiger partial charge in [-0.25, -0.2) is 0 Å². The van der Waals surface area contributed by atoms with E-state index in [1.54, 1.807) is 6.07 Å². The highest BCUT2D eigenvalue weighted by atomic mass is 16.5. The Balaban J connectivity index is 2.21. The molecule has 0 spiro atoms. The van der Waals surface area contributed by atoms with Crippen molar-refractivity contribution in [2.24, 2.45) is 0 Å². The molecule has 106 valence electrons. The molecular formula is C16H21N3O. The van der Waals surface area contributed by atoms with Gasteiger partial charge in [0.2, 0.25) is 5.88 Å². The average molecular weight is 271 g/mol. The van der Waals surface area contributed by atoms with E-state index < -0.39 is 0 Å². The minimum Gasteiger partial charge on any atom is -0.476 e. The lowest BCUT2D eigenvalue weighted by molar-refractivity contribution is 0.329. The van der Waals surface area contributed by atoms with Gasteiger partial charge in [-0.2, -0.15) is 4.98 Å². The van der Waals surface area contributed by atoms with Crippen LogP contribution >= 0.6 is 0 Å². The van der Waals surface area contributed by atoms with Gasteiger partial charge < -0.3 is 15.8 Å². The lowest BCUT2D eigenvalue weighted by atomic mass is 10.0. The first-order valence-corrected chi connectivity index (χ1v) is 6.86. The van der Waals surface area contributed by atoms with Crippen LogP contribution in [0.4, 0.5) is 17.2 Å². The van der Waals surface area contributed by atoms with Crippen LogP contribution in [0.3, 0.4) is 0 Å². The summed E-state index contributed by atoms with van der Waals surface area (Å²) < 4.78 is 5.40. The third-order valence-corrected chi connectivity index (χ3v) is 3.00. The molecule has 0 radical (unpaired) electrons. The molecule has 2 aromatic rings. The van der Waals surface area contributed by atoms with Crippen LogP contribution < -0.4 is 15.8 Å². The van der Waals surface area contributed by atoms with Crippen molar-refractivity contribution in [2.45, 2.75) is 26.7 Å². The molecule has 3 N–H and O–H groups in total. The molecule has 0 fully saturated rings. The smallest absolute Gasteiger partial charge is 0.239 e. The van der Waals surface area contributed by atoms with Gasteiger partial charge in [-0.3, -0.25) is 0 Å². The first-order valence-electron chi connectivity index (χ1n) is 6.86. The summed E-state index contributed by atoms with van der Waals surface area (Å²) in [6, 6.07) is 12.0. The van der Waals surface area contributed by atoms with Crippen LogP contribution in [0.15, 0.2) is 36.4 Å². The van der Waals surface area contributed by atoms with Crippen molar-refractivity contribution in [3.05, 3.63) is 42.0 Å². The normalized spacial score (nSPS) is 10.6. The number of nitrogens with two attached hydrogens (primary N) is 1. The molecule has 0 saturated carbocycles. The molecule has 0 aliphatic rings. The first-order chi connectivity index (χ1) is 9.60. The van der Waals surface area contributed by atoms with E-state index in [0.717, 1.165) is 11.5 Å². The zero-order valence-corrected chi connectivity index (χ0v) is 12.2. The molecule has 0 bridgehead atoms. The molecule has 0 aliphatic carbocycles. The predicted molar refractivity (Wildman–Crippen MR) is 83.6 cm³/mol. The van der Waals surface area contributed by atoms with Crippen LogP contribution in [-0.2, 0) is 0 Å². The van der Waals surface area contributed by atoms with Crippen molar-refractivity contribution < 1.29 is 4.74 Å². The monoisotopic (exact) mass is 271 g/mol. The summed E-state index contributed by atoms with van der Waals surface area (Å²) in [5, 5.41) is 3.28. The van der Waals surface area contributed by atoms with Crippen molar-refractivity contribution in [3.63, 3.8) is 0 Å². The Morgan fingerprint density at radius 3 is 2.75 bits per heavy atom. The molecule has 0 saturated heterocycles. The molecule has 4 heteroatoms. The number of nitrogens with zero attached hydrogens (tertiary/aromatic N) is 1. The molecule has 1 aromatic heterocycles. The molecule has 0 atom stereocenters. The van der Waals surface area contributed by atoms with Gasteiger partial charge in [-0.05, 0) is 42.7 Å². The van der Waals surface area contributed by atoms with Crippen LogP contribution in [0.5, 0.6) is 5.88 Å². The van der Waals surface area contributed by atoms with Crippen molar-refractivity contribution >= 4 is 17.2 Å². The zero-order valence-electron chi connectivity index (χ0n) is 12.2. The molecule has 1 aromatic carbocycles. The molecule has 1 heterocycles. The van der Waals surface area contributed by atoms with Crippen molar-refractivity contribution in [2.75, 3.05) is 17.7 Å². The summed E-state index contributed by atoms with van der Waals surface area (Å²) in [6.07, 6.45) is 0. The Hall–Kier alpha value is -2.23. The highest BCUT2D eigenvalue weighted by Crippen LogP contribution is 2.25. The Labute approximate surface area is 120 Å². The second kappa shape index (κ2) is 6.28. The summed E-state index contributed by atoms with van der Waals surface area (Å²) in [6.45, 7) is 6.80. The number of anilines is 3. The summed E-state index contributed by atoms with van der Waals surface area (Å²) >= 11 is 0.